The molecule has 1 aliphatic heterocycles. The van der Waals surface area contributed by atoms with Crippen LogP contribution in [0.4, 0.5) is 0 Å². The van der Waals surface area contributed by atoms with Gasteiger partial charge in [-0.25, -0.2) is 0 Å². The molecule has 3 heteroatoms. The van der Waals surface area contributed by atoms with Crippen molar-refractivity contribution in [1.29, 1.82) is 0 Å². The van der Waals surface area contributed by atoms with Crippen molar-refractivity contribution in [3.05, 3.63) is 0 Å². The van der Waals surface area contributed by atoms with Gasteiger partial charge >= 0.3 is 0 Å². The van der Waals surface area contributed by atoms with Crippen molar-refractivity contribution in [3.63, 3.8) is 0 Å². The van der Waals surface area contributed by atoms with Crippen molar-refractivity contribution in [1.82, 2.24) is 4.90 Å². The predicted molar refractivity (Wildman–Crippen MR) is 47.1 cm³/mol. The number of carbonyl (C=O) groups excluding carboxylic acids is 1. The lowest BCUT2D eigenvalue weighted by Crippen LogP contribution is -2.26. The van der Waals surface area contributed by atoms with Crippen LogP contribution in [0.15, 0.2) is 0 Å². The summed E-state index contributed by atoms with van der Waals surface area (Å²) in [5, 5.41) is 0. The first kappa shape index (κ1) is 9.68. The highest BCUT2D eigenvalue weighted by atomic mass is 16.5. The molecule has 1 atom stereocenters. The van der Waals surface area contributed by atoms with Crippen molar-refractivity contribution in [2.75, 3.05) is 33.4 Å². The van der Waals surface area contributed by atoms with Gasteiger partial charge in [-0.3, -0.25) is 9.69 Å². The van der Waals surface area contributed by atoms with E-state index in [1.54, 1.807) is 14.0 Å². The molecule has 3 nitrogen and oxygen atoms in total. The van der Waals surface area contributed by atoms with E-state index in [2.05, 4.69) is 4.90 Å². The summed E-state index contributed by atoms with van der Waals surface area (Å²) in [5.41, 5.74) is 0. The number of carbonyl (C=O) groups is 1. The molecule has 0 radical (unpaired) electrons. The number of nitrogens with zero attached hydrogens (tertiary/aromatic N) is 1. The summed E-state index contributed by atoms with van der Waals surface area (Å²) in [6.07, 6.45) is 1.17. The average molecular weight is 171 g/mol. The molecule has 1 saturated heterocycles. The number of Topliss-reactive ketones (excluding diaryl/α,β-unsaturated/α-hetero) is 1. The second kappa shape index (κ2) is 4.58. The van der Waals surface area contributed by atoms with Crippen LogP contribution in [0, 0.1) is 5.92 Å². The molecule has 1 rings (SSSR count). The minimum absolute atomic E-state index is 0.257. The molecule has 0 aliphatic carbocycles. The second-order valence-electron chi connectivity index (χ2n) is 3.55. The third kappa shape index (κ3) is 2.91. The summed E-state index contributed by atoms with van der Waals surface area (Å²) >= 11 is 0. The van der Waals surface area contributed by atoms with Gasteiger partial charge < -0.3 is 4.74 Å². The van der Waals surface area contributed by atoms with Gasteiger partial charge in [0.15, 0.2) is 0 Å². The molecule has 0 aromatic heterocycles. The quantitative estimate of drug-likeness (QED) is 0.618. The lowest BCUT2D eigenvalue weighted by Gasteiger charge is -2.13. The highest BCUT2D eigenvalue weighted by molar-refractivity contribution is 5.77. The molecule has 0 saturated carbocycles. The monoisotopic (exact) mass is 171 g/mol. The van der Waals surface area contributed by atoms with Crippen LogP contribution >= 0.6 is 0 Å². The number of methoxy groups -OCH3 is 1. The van der Waals surface area contributed by atoms with Crippen molar-refractivity contribution < 1.29 is 9.53 Å². The zero-order valence-corrected chi connectivity index (χ0v) is 7.88. The van der Waals surface area contributed by atoms with E-state index >= 15 is 0 Å². The van der Waals surface area contributed by atoms with Gasteiger partial charge in [-0.1, -0.05) is 0 Å². The van der Waals surface area contributed by atoms with Gasteiger partial charge in [0.2, 0.25) is 0 Å². The highest BCUT2D eigenvalue weighted by Gasteiger charge is 2.22. The molecule has 1 fully saturated rings. The van der Waals surface area contributed by atoms with Crippen LogP contribution in [0.25, 0.3) is 0 Å². The molecule has 70 valence electrons. The number of ketones is 1. The van der Waals surface area contributed by atoms with E-state index in [0.717, 1.165) is 19.7 Å². The molecular weight excluding hydrogens is 154 g/mol. The summed E-state index contributed by atoms with van der Waals surface area (Å²) in [6, 6.07) is 0. The van der Waals surface area contributed by atoms with Crippen LogP contribution in [-0.4, -0.2) is 44.0 Å². The Labute approximate surface area is 73.7 Å². The van der Waals surface area contributed by atoms with E-state index in [9.17, 15) is 4.79 Å². The standard InChI is InChI=1S/C9H17NO2/c1-8(11)5-10-4-3-9(6-10)7-12-2/h9H,3-7H2,1-2H3. The van der Waals surface area contributed by atoms with Crippen LogP contribution < -0.4 is 0 Å². The summed E-state index contributed by atoms with van der Waals surface area (Å²) in [6.45, 7) is 5.15. The molecular formula is C9H17NO2. The number of likely N-dealkylation sites (tertiary alicyclic amines) is 1. The third-order valence-electron chi connectivity index (χ3n) is 2.22. The van der Waals surface area contributed by atoms with Crippen LogP contribution in [0.5, 0.6) is 0 Å². The largest absolute Gasteiger partial charge is 0.384 e. The van der Waals surface area contributed by atoms with Gasteiger partial charge in [0, 0.05) is 13.7 Å². The van der Waals surface area contributed by atoms with Crippen LogP contribution in [-0.2, 0) is 9.53 Å². The normalized spacial score (nSPS) is 24.7. The maximum absolute atomic E-state index is 10.8. The zero-order valence-electron chi connectivity index (χ0n) is 7.88. The lowest BCUT2D eigenvalue weighted by molar-refractivity contribution is -0.117. The minimum Gasteiger partial charge on any atom is -0.384 e. The maximum atomic E-state index is 10.8. The van der Waals surface area contributed by atoms with E-state index in [1.165, 1.54) is 6.42 Å². The Balaban J connectivity index is 2.21. The van der Waals surface area contributed by atoms with E-state index in [1.807, 2.05) is 0 Å². The molecule has 0 aromatic rings. The summed E-state index contributed by atoms with van der Waals surface area (Å²) in [4.78, 5) is 13.0. The summed E-state index contributed by atoms with van der Waals surface area (Å²) in [7, 11) is 1.73. The molecule has 0 N–H and O–H groups in total. The van der Waals surface area contributed by atoms with Crippen molar-refractivity contribution in [3.8, 4) is 0 Å². The Morgan fingerprint density at radius 2 is 2.42 bits per heavy atom. The molecule has 1 unspecified atom stereocenters. The average Bonchev–Trinajstić information content (AvgIpc) is 2.36. The first-order chi connectivity index (χ1) is 5.72. The first-order valence-corrected chi connectivity index (χ1v) is 4.43. The van der Waals surface area contributed by atoms with Gasteiger partial charge in [-0.2, -0.15) is 0 Å². The lowest BCUT2D eigenvalue weighted by atomic mass is 10.1. The molecule has 1 heterocycles. The first-order valence-electron chi connectivity index (χ1n) is 4.43. The topological polar surface area (TPSA) is 29.5 Å². The van der Waals surface area contributed by atoms with Gasteiger partial charge in [-0.15, -0.1) is 0 Å². The number of rotatable bonds is 4. The Hall–Kier alpha value is -0.410. The minimum atomic E-state index is 0.257. The number of hydrogen-bond donors (Lipinski definition) is 0. The van der Waals surface area contributed by atoms with Crippen LogP contribution in [0.3, 0.4) is 0 Å². The number of ether oxygens (including phenoxy) is 1. The SMILES string of the molecule is COCC1CCN(CC(C)=O)C1. The molecule has 0 bridgehead atoms. The highest BCUT2D eigenvalue weighted by Crippen LogP contribution is 2.15. The fraction of sp³-hybridized carbons (Fsp3) is 0.889. The Morgan fingerprint density at radius 3 is 3.00 bits per heavy atom. The Kier molecular flexibility index (Phi) is 3.69. The van der Waals surface area contributed by atoms with Gasteiger partial charge in [0.05, 0.1) is 13.2 Å². The van der Waals surface area contributed by atoms with Crippen molar-refractivity contribution >= 4 is 5.78 Å². The summed E-state index contributed by atoms with van der Waals surface area (Å²) in [5.74, 6) is 0.891. The van der Waals surface area contributed by atoms with Crippen molar-refractivity contribution in [2.45, 2.75) is 13.3 Å². The predicted octanol–water partition coefficient (Wildman–Crippen LogP) is 0.544. The van der Waals surface area contributed by atoms with Crippen LogP contribution in [0.2, 0.25) is 0 Å². The molecule has 1 aliphatic rings. The van der Waals surface area contributed by atoms with E-state index in [-0.39, 0.29) is 5.78 Å². The third-order valence-corrected chi connectivity index (χ3v) is 2.22. The van der Waals surface area contributed by atoms with Gasteiger partial charge in [-0.05, 0) is 25.8 Å². The molecule has 0 spiro atoms. The molecule has 0 aromatic carbocycles. The van der Waals surface area contributed by atoms with E-state index in [4.69, 9.17) is 4.74 Å². The van der Waals surface area contributed by atoms with E-state index in [0.29, 0.717) is 12.5 Å². The fourth-order valence-electron chi connectivity index (χ4n) is 1.74. The maximum Gasteiger partial charge on any atom is 0.143 e. The van der Waals surface area contributed by atoms with Gasteiger partial charge in [0.1, 0.15) is 5.78 Å². The van der Waals surface area contributed by atoms with E-state index < -0.39 is 0 Å². The Bertz CT molecular complexity index is 159. The molecule has 0 amide bonds. The number of hydrogen-bond acceptors (Lipinski definition) is 3. The second-order valence-corrected chi connectivity index (χ2v) is 3.55. The van der Waals surface area contributed by atoms with Crippen molar-refractivity contribution in [2.24, 2.45) is 5.92 Å². The smallest absolute Gasteiger partial charge is 0.143 e. The zero-order chi connectivity index (χ0) is 8.97. The van der Waals surface area contributed by atoms with Crippen LogP contribution in [0.1, 0.15) is 13.3 Å². The fourth-order valence-corrected chi connectivity index (χ4v) is 1.74. The Morgan fingerprint density at radius 1 is 1.67 bits per heavy atom. The van der Waals surface area contributed by atoms with Gasteiger partial charge in [0.25, 0.3) is 0 Å². The summed E-state index contributed by atoms with van der Waals surface area (Å²) < 4.78 is 5.07. The molecule has 12 heavy (non-hydrogen) atoms.